The van der Waals surface area contributed by atoms with E-state index in [0.29, 0.717) is 17.3 Å². The van der Waals surface area contributed by atoms with Crippen molar-refractivity contribution >= 4 is 17.5 Å². The van der Waals surface area contributed by atoms with Crippen LogP contribution in [-0.2, 0) is 11.3 Å². The number of ether oxygens (including phenoxy) is 1. The first-order valence-corrected chi connectivity index (χ1v) is 5.13. The lowest BCUT2D eigenvalue weighted by Gasteiger charge is -2.17. The minimum absolute atomic E-state index is 0.345. The smallest absolute Gasteiger partial charge is 0.248 e. The Hall–Kier alpha value is -1.26. The summed E-state index contributed by atoms with van der Waals surface area (Å²) in [5.41, 5.74) is 0.805. The second-order valence-corrected chi connectivity index (χ2v) is 3.80. The number of aliphatic hydroxyl groups is 1. The van der Waals surface area contributed by atoms with Gasteiger partial charge in [-0.3, -0.25) is 4.79 Å². The SMILES string of the molecule is COc1ccc(Cl)cc1CN(C)C(=O)CO. The lowest BCUT2D eigenvalue weighted by atomic mass is 10.2. The minimum Gasteiger partial charge on any atom is -0.496 e. The number of carbonyl (C=O) groups is 1. The highest BCUT2D eigenvalue weighted by molar-refractivity contribution is 6.30. The van der Waals surface area contributed by atoms with E-state index in [1.807, 2.05) is 0 Å². The van der Waals surface area contributed by atoms with Gasteiger partial charge in [0.05, 0.1) is 7.11 Å². The molecule has 0 aromatic heterocycles. The van der Waals surface area contributed by atoms with Gasteiger partial charge in [-0.25, -0.2) is 0 Å². The number of amides is 1. The average Bonchev–Trinajstić information content (AvgIpc) is 2.28. The molecule has 1 aromatic carbocycles. The maximum Gasteiger partial charge on any atom is 0.248 e. The Morgan fingerprint density at radius 3 is 2.81 bits per heavy atom. The van der Waals surface area contributed by atoms with Crippen molar-refractivity contribution in [3.63, 3.8) is 0 Å². The van der Waals surface area contributed by atoms with Crippen LogP contribution in [-0.4, -0.2) is 36.7 Å². The van der Waals surface area contributed by atoms with Gasteiger partial charge in [0.25, 0.3) is 0 Å². The number of hydrogen-bond donors (Lipinski definition) is 1. The van der Waals surface area contributed by atoms with Crippen LogP contribution in [0.5, 0.6) is 5.75 Å². The van der Waals surface area contributed by atoms with Crippen LogP contribution in [0.2, 0.25) is 5.02 Å². The minimum atomic E-state index is -0.501. The highest BCUT2D eigenvalue weighted by Crippen LogP contribution is 2.23. The molecule has 0 fully saturated rings. The highest BCUT2D eigenvalue weighted by Gasteiger charge is 2.11. The molecule has 0 spiro atoms. The predicted molar refractivity (Wildman–Crippen MR) is 61.6 cm³/mol. The Morgan fingerprint density at radius 1 is 1.56 bits per heavy atom. The Morgan fingerprint density at radius 2 is 2.25 bits per heavy atom. The molecule has 0 heterocycles. The summed E-state index contributed by atoms with van der Waals surface area (Å²) >= 11 is 5.86. The summed E-state index contributed by atoms with van der Waals surface area (Å²) in [5.74, 6) is 0.323. The van der Waals surface area contributed by atoms with Crippen molar-refractivity contribution in [2.45, 2.75) is 6.54 Å². The summed E-state index contributed by atoms with van der Waals surface area (Å²) < 4.78 is 5.16. The maximum atomic E-state index is 11.2. The molecule has 0 aliphatic heterocycles. The number of carbonyl (C=O) groups excluding carboxylic acids is 1. The zero-order valence-electron chi connectivity index (χ0n) is 9.24. The number of halogens is 1. The van der Waals surface area contributed by atoms with Gasteiger partial charge in [-0.2, -0.15) is 0 Å². The molecule has 0 bridgehead atoms. The molecule has 0 aliphatic rings. The van der Waals surface area contributed by atoms with Crippen LogP contribution in [0.25, 0.3) is 0 Å². The average molecular weight is 244 g/mol. The van der Waals surface area contributed by atoms with Gasteiger partial charge in [0.1, 0.15) is 12.4 Å². The molecule has 5 heteroatoms. The molecule has 1 rings (SSSR count). The van der Waals surface area contributed by atoms with E-state index in [1.165, 1.54) is 4.90 Å². The summed E-state index contributed by atoms with van der Waals surface area (Å²) in [6, 6.07) is 5.20. The number of aliphatic hydroxyl groups excluding tert-OH is 1. The topological polar surface area (TPSA) is 49.8 Å². The van der Waals surface area contributed by atoms with Crippen molar-refractivity contribution in [2.24, 2.45) is 0 Å². The van der Waals surface area contributed by atoms with Crippen LogP contribution in [0.3, 0.4) is 0 Å². The molecule has 1 N–H and O–H groups in total. The van der Waals surface area contributed by atoms with E-state index in [4.69, 9.17) is 21.4 Å². The van der Waals surface area contributed by atoms with Crippen LogP contribution in [0.15, 0.2) is 18.2 Å². The van der Waals surface area contributed by atoms with Crippen molar-refractivity contribution in [2.75, 3.05) is 20.8 Å². The molecule has 16 heavy (non-hydrogen) atoms. The van der Waals surface area contributed by atoms with Gasteiger partial charge < -0.3 is 14.7 Å². The fourth-order valence-electron chi connectivity index (χ4n) is 1.34. The molecule has 0 saturated heterocycles. The van der Waals surface area contributed by atoms with E-state index in [-0.39, 0.29) is 5.91 Å². The zero-order valence-corrected chi connectivity index (χ0v) is 9.99. The number of rotatable bonds is 4. The fourth-order valence-corrected chi connectivity index (χ4v) is 1.53. The fraction of sp³-hybridized carbons (Fsp3) is 0.364. The van der Waals surface area contributed by atoms with E-state index in [1.54, 1.807) is 32.4 Å². The van der Waals surface area contributed by atoms with E-state index in [0.717, 1.165) is 5.56 Å². The number of likely N-dealkylation sites (N-methyl/N-ethyl adjacent to an activating group) is 1. The lowest BCUT2D eigenvalue weighted by Crippen LogP contribution is -2.28. The third-order valence-corrected chi connectivity index (χ3v) is 2.45. The van der Waals surface area contributed by atoms with Crippen LogP contribution in [0.1, 0.15) is 5.56 Å². The maximum absolute atomic E-state index is 11.2. The molecule has 0 aliphatic carbocycles. The van der Waals surface area contributed by atoms with E-state index in [9.17, 15) is 4.79 Å². The largest absolute Gasteiger partial charge is 0.496 e. The monoisotopic (exact) mass is 243 g/mol. The van der Waals surface area contributed by atoms with Crippen LogP contribution >= 0.6 is 11.6 Å². The molecule has 0 atom stereocenters. The van der Waals surface area contributed by atoms with Gasteiger partial charge in [0.2, 0.25) is 5.91 Å². The quantitative estimate of drug-likeness (QED) is 0.867. The Bertz CT molecular complexity index is 381. The second kappa shape index (κ2) is 5.72. The standard InChI is InChI=1S/C11H14ClNO3/c1-13(11(15)7-14)6-8-5-9(12)3-4-10(8)16-2/h3-5,14H,6-7H2,1-2H3. The van der Waals surface area contributed by atoms with Gasteiger partial charge in [-0.05, 0) is 18.2 Å². The normalized spacial score (nSPS) is 10.0. The summed E-state index contributed by atoms with van der Waals surface area (Å²) in [7, 11) is 3.17. The third-order valence-electron chi connectivity index (χ3n) is 2.21. The zero-order chi connectivity index (χ0) is 12.1. The molecular weight excluding hydrogens is 230 g/mol. The van der Waals surface area contributed by atoms with Crippen LogP contribution in [0.4, 0.5) is 0 Å². The van der Waals surface area contributed by atoms with Crippen molar-refractivity contribution in [1.82, 2.24) is 4.90 Å². The van der Waals surface area contributed by atoms with Crippen LogP contribution in [0, 0.1) is 0 Å². The van der Waals surface area contributed by atoms with E-state index >= 15 is 0 Å². The molecule has 4 nitrogen and oxygen atoms in total. The van der Waals surface area contributed by atoms with E-state index < -0.39 is 6.61 Å². The lowest BCUT2D eigenvalue weighted by molar-refractivity contribution is -0.133. The molecular formula is C11H14ClNO3. The summed E-state index contributed by atoms with van der Waals surface area (Å²) in [6.07, 6.45) is 0. The van der Waals surface area contributed by atoms with Crippen molar-refractivity contribution in [3.8, 4) is 5.75 Å². The van der Waals surface area contributed by atoms with Gasteiger partial charge in [-0.15, -0.1) is 0 Å². The van der Waals surface area contributed by atoms with Crippen molar-refractivity contribution in [1.29, 1.82) is 0 Å². The number of nitrogens with zero attached hydrogens (tertiary/aromatic N) is 1. The first-order valence-electron chi connectivity index (χ1n) is 4.75. The Balaban J connectivity index is 2.86. The number of benzene rings is 1. The summed E-state index contributed by atoms with van der Waals surface area (Å²) in [4.78, 5) is 12.6. The first kappa shape index (κ1) is 12.8. The van der Waals surface area contributed by atoms with Gasteiger partial charge >= 0.3 is 0 Å². The van der Waals surface area contributed by atoms with Crippen molar-refractivity contribution < 1.29 is 14.6 Å². The Kier molecular flexibility index (Phi) is 4.58. The highest BCUT2D eigenvalue weighted by atomic mass is 35.5. The third kappa shape index (κ3) is 3.12. The molecule has 1 aromatic rings. The molecule has 0 saturated carbocycles. The second-order valence-electron chi connectivity index (χ2n) is 3.36. The molecule has 1 amide bonds. The van der Waals surface area contributed by atoms with Crippen molar-refractivity contribution in [3.05, 3.63) is 28.8 Å². The molecule has 88 valence electrons. The molecule has 0 unspecified atom stereocenters. The number of methoxy groups -OCH3 is 1. The van der Waals surface area contributed by atoms with Gasteiger partial charge in [0, 0.05) is 24.2 Å². The van der Waals surface area contributed by atoms with Gasteiger partial charge in [0.15, 0.2) is 0 Å². The number of hydrogen-bond acceptors (Lipinski definition) is 3. The molecule has 0 radical (unpaired) electrons. The van der Waals surface area contributed by atoms with Gasteiger partial charge in [-0.1, -0.05) is 11.6 Å². The first-order chi connectivity index (χ1) is 7.58. The summed E-state index contributed by atoms with van der Waals surface area (Å²) in [5, 5.41) is 9.30. The van der Waals surface area contributed by atoms with E-state index in [2.05, 4.69) is 0 Å². The van der Waals surface area contributed by atoms with Crippen LogP contribution < -0.4 is 4.74 Å². The predicted octanol–water partition coefficient (Wildman–Crippen LogP) is 1.30. The Labute approximate surface area is 99.4 Å². The summed E-state index contributed by atoms with van der Waals surface area (Å²) in [6.45, 7) is -0.150.